The predicted molar refractivity (Wildman–Crippen MR) is 116 cm³/mol. The first-order chi connectivity index (χ1) is 14.2. The van der Waals surface area contributed by atoms with Gasteiger partial charge in [-0.2, -0.15) is 0 Å². The van der Waals surface area contributed by atoms with Crippen LogP contribution >= 0.6 is 0 Å². The fraction of sp³-hybridized carbons (Fsp3) is 0.0417. The highest BCUT2D eigenvalue weighted by atomic mass is 16.6. The molecular formula is C24H18N2O3. The quantitative estimate of drug-likeness (QED) is 0.209. The number of hydrogen-bond acceptors (Lipinski definition) is 4. The van der Waals surface area contributed by atoms with Gasteiger partial charge in [0.15, 0.2) is 5.71 Å². The molecular weight excluding hydrogens is 364 g/mol. The van der Waals surface area contributed by atoms with Gasteiger partial charge in [0.05, 0.1) is 4.92 Å². The summed E-state index contributed by atoms with van der Waals surface area (Å²) in [5, 5.41) is 28.6. The van der Waals surface area contributed by atoms with E-state index < -0.39 is 4.92 Å². The van der Waals surface area contributed by atoms with Crippen LogP contribution in [0, 0.1) is 10.1 Å². The molecule has 29 heavy (non-hydrogen) atoms. The Bertz CT molecular complexity index is 1260. The standard InChI is InChI=1S/C24H18N2O3/c27-25-23(15-19-11-5-9-17-7-1-3-13-21(17)19)24(26(28)29)16-20-12-6-10-18-8-2-4-14-22(18)20/h1-14,16,27H,15H2/b24-16+,25-23+. The normalized spacial score (nSPS) is 12.4. The van der Waals surface area contributed by atoms with Gasteiger partial charge in [-0.05, 0) is 32.7 Å². The number of nitrogens with zero attached hydrogens (tertiary/aromatic N) is 2. The molecule has 4 aromatic carbocycles. The van der Waals surface area contributed by atoms with Gasteiger partial charge in [0, 0.05) is 12.5 Å². The van der Waals surface area contributed by atoms with Crippen molar-refractivity contribution in [1.82, 2.24) is 0 Å². The van der Waals surface area contributed by atoms with Gasteiger partial charge in [0.1, 0.15) is 0 Å². The summed E-state index contributed by atoms with van der Waals surface area (Å²) in [7, 11) is 0. The van der Waals surface area contributed by atoms with Gasteiger partial charge in [-0.15, -0.1) is 0 Å². The fourth-order valence-electron chi connectivity index (χ4n) is 3.57. The largest absolute Gasteiger partial charge is 0.410 e. The van der Waals surface area contributed by atoms with Crippen molar-refractivity contribution in [2.75, 3.05) is 0 Å². The zero-order chi connectivity index (χ0) is 20.2. The Morgan fingerprint density at radius 2 is 1.45 bits per heavy atom. The minimum atomic E-state index is -0.498. The van der Waals surface area contributed by atoms with E-state index in [2.05, 4.69) is 5.16 Å². The molecule has 0 saturated carbocycles. The van der Waals surface area contributed by atoms with Gasteiger partial charge >= 0.3 is 0 Å². The molecule has 0 aromatic heterocycles. The van der Waals surface area contributed by atoms with Gasteiger partial charge < -0.3 is 5.21 Å². The lowest BCUT2D eigenvalue weighted by atomic mass is 9.98. The van der Waals surface area contributed by atoms with Crippen LogP contribution in [0.2, 0.25) is 0 Å². The predicted octanol–water partition coefficient (Wildman–Crippen LogP) is 5.68. The van der Waals surface area contributed by atoms with Crippen LogP contribution in [-0.2, 0) is 6.42 Å². The minimum Gasteiger partial charge on any atom is -0.410 e. The minimum absolute atomic E-state index is 0.0132. The SMILES string of the molecule is O=[N+]([O-])C(=C/c1cccc2ccccc12)/C(Cc1cccc2ccccc12)=N/O. The molecule has 0 fully saturated rings. The number of benzene rings is 4. The van der Waals surface area contributed by atoms with Gasteiger partial charge in [0.25, 0.3) is 5.70 Å². The van der Waals surface area contributed by atoms with E-state index in [1.54, 1.807) is 0 Å². The summed E-state index contributed by atoms with van der Waals surface area (Å²) in [6.45, 7) is 0. The zero-order valence-electron chi connectivity index (χ0n) is 15.5. The van der Waals surface area contributed by atoms with E-state index in [0.29, 0.717) is 5.56 Å². The summed E-state index contributed by atoms with van der Waals surface area (Å²) in [6, 6.07) is 26.9. The summed E-state index contributed by atoms with van der Waals surface area (Å²) in [5.74, 6) is 0. The Morgan fingerprint density at radius 3 is 2.14 bits per heavy atom. The molecule has 0 saturated heterocycles. The number of oxime groups is 1. The molecule has 0 amide bonds. The first-order valence-electron chi connectivity index (χ1n) is 9.19. The molecule has 1 N–H and O–H groups in total. The Kier molecular flexibility index (Phi) is 5.03. The summed E-state index contributed by atoms with van der Waals surface area (Å²) >= 11 is 0. The topological polar surface area (TPSA) is 75.7 Å². The Balaban J connectivity index is 1.79. The van der Waals surface area contributed by atoms with Crippen LogP contribution in [0.5, 0.6) is 0 Å². The zero-order valence-corrected chi connectivity index (χ0v) is 15.5. The average Bonchev–Trinajstić information content (AvgIpc) is 2.76. The second-order valence-corrected chi connectivity index (χ2v) is 6.72. The maximum Gasteiger partial charge on any atom is 0.295 e. The van der Waals surface area contributed by atoms with Crippen LogP contribution < -0.4 is 0 Å². The molecule has 0 aliphatic rings. The lowest BCUT2D eigenvalue weighted by Crippen LogP contribution is -2.14. The third-order valence-electron chi connectivity index (χ3n) is 4.97. The van der Waals surface area contributed by atoms with E-state index in [1.165, 1.54) is 6.08 Å². The van der Waals surface area contributed by atoms with Crippen LogP contribution in [0.15, 0.2) is 95.8 Å². The summed E-state index contributed by atoms with van der Waals surface area (Å²) in [5.41, 5.74) is 1.35. The van der Waals surface area contributed by atoms with Crippen molar-refractivity contribution in [3.63, 3.8) is 0 Å². The molecule has 0 radical (unpaired) electrons. The average molecular weight is 382 g/mol. The number of fused-ring (bicyclic) bond motifs is 2. The highest BCUT2D eigenvalue weighted by molar-refractivity contribution is 6.05. The second-order valence-electron chi connectivity index (χ2n) is 6.72. The van der Waals surface area contributed by atoms with Crippen LogP contribution in [0.4, 0.5) is 0 Å². The first kappa shape index (κ1) is 18.4. The monoisotopic (exact) mass is 382 g/mol. The molecule has 4 rings (SSSR count). The number of nitro groups is 1. The summed E-state index contributed by atoms with van der Waals surface area (Å²) in [4.78, 5) is 11.3. The third kappa shape index (κ3) is 3.71. The molecule has 4 aromatic rings. The second kappa shape index (κ2) is 7.94. The van der Waals surface area contributed by atoms with Crippen LogP contribution in [0.1, 0.15) is 11.1 Å². The maximum absolute atomic E-state index is 11.8. The van der Waals surface area contributed by atoms with Crippen molar-refractivity contribution in [3.05, 3.63) is 112 Å². The molecule has 5 nitrogen and oxygen atoms in total. The third-order valence-corrected chi connectivity index (χ3v) is 4.97. The lowest BCUT2D eigenvalue weighted by Gasteiger charge is -2.08. The Hall–Kier alpha value is -3.99. The lowest BCUT2D eigenvalue weighted by molar-refractivity contribution is -0.413. The van der Waals surface area contributed by atoms with Crippen molar-refractivity contribution in [3.8, 4) is 0 Å². The highest BCUT2D eigenvalue weighted by Crippen LogP contribution is 2.24. The van der Waals surface area contributed by atoms with Crippen LogP contribution in [-0.4, -0.2) is 15.8 Å². The summed E-state index contributed by atoms with van der Waals surface area (Å²) < 4.78 is 0. The number of hydrogen-bond donors (Lipinski definition) is 1. The first-order valence-corrected chi connectivity index (χ1v) is 9.19. The van der Waals surface area contributed by atoms with E-state index in [0.717, 1.165) is 27.1 Å². The summed E-state index contributed by atoms with van der Waals surface area (Å²) in [6.07, 6.45) is 1.62. The Labute approximate surface area is 167 Å². The van der Waals surface area contributed by atoms with E-state index in [-0.39, 0.29) is 17.8 Å². The maximum atomic E-state index is 11.8. The van der Waals surface area contributed by atoms with Crippen LogP contribution in [0.3, 0.4) is 0 Å². The van der Waals surface area contributed by atoms with Gasteiger partial charge in [0.2, 0.25) is 0 Å². The number of allylic oxidation sites excluding steroid dienone is 1. The highest BCUT2D eigenvalue weighted by Gasteiger charge is 2.22. The van der Waals surface area contributed by atoms with E-state index in [4.69, 9.17) is 0 Å². The van der Waals surface area contributed by atoms with Gasteiger partial charge in [-0.3, -0.25) is 10.1 Å². The molecule has 0 aliphatic carbocycles. The van der Waals surface area contributed by atoms with Crippen molar-refractivity contribution in [1.29, 1.82) is 0 Å². The molecule has 0 aliphatic heterocycles. The van der Waals surface area contributed by atoms with Crippen molar-refractivity contribution < 1.29 is 10.1 Å². The molecule has 142 valence electrons. The molecule has 0 heterocycles. The van der Waals surface area contributed by atoms with E-state index in [1.807, 2.05) is 84.9 Å². The fourth-order valence-corrected chi connectivity index (χ4v) is 3.57. The molecule has 0 spiro atoms. The van der Waals surface area contributed by atoms with Gasteiger partial charge in [-0.1, -0.05) is 90.1 Å². The number of rotatable bonds is 5. The van der Waals surface area contributed by atoms with Crippen LogP contribution in [0.25, 0.3) is 27.6 Å². The van der Waals surface area contributed by atoms with Crippen molar-refractivity contribution in [2.24, 2.45) is 5.16 Å². The molecule has 5 heteroatoms. The van der Waals surface area contributed by atoms with E-state index in [9.17, 15) is 15.3 Å². The van der Waals surface area contributed by atoms with Crippen molar-refractivity contribution >= 4 is 33.3 Å². The van der Waals surface area contributed by atoms with Gasteiger partial charge in [-0.25, -0.2) is 0 Å². The molecule has 0 unspecified atom stereocenters. The smallest absolute Gasteiger partial charge is 0.295 e. The molecule has 0 atom stereocenters. The Morgan fingerprint density at radius 1 is 0.862 bits per heavy atom. The molecule has 0 bridgehead atoms. The van der Waals surface area contributed by atoms with E-state index >= 15 is 0 Å². The van der Waals surface area contributed by atoms with Crippen molar-refractivity contribution in [2.45, 2.75) is 6.42 Å².